The van der Waals surface area contributed by atoms with E-state index in [1.807, 2.05) is 161 Å². The second-order valence-corrected chi connectivity index (χ2v) is 29.1. The molecule has 0 saturated carbocycles. The van der Waals surface area contributed by atoms with E-state index in [2.05, 4.69) is 50.9 Å². The third kappa shape index (κ3) is 21.2. The number of carbonyl (C=O) groups is 4. The first-order valence-electron chi connectivity index (χ1n) is 38.3. The molecule has 16 aromatic rings. The average molecular weight is 1640 g/mol. The minimum atomic E-state index is -0.768. The molecule has 8 aromatic heterocycles. The van der Waals surface area contributed by atoms with Crippen molar-refractivity contribution in [2.75, 3.05) is 14.2 Å². The van der Waals surface area contributed by atoms with Crippen molar-refractivity contribution < 1.29 is 52.8 Å². The predicted molar refractivity (Wildman–Crippen MR) is 463 cm³/mol. The van der Waals surface area contributed by atoms with Gasteiger partial charge in [-0.2, -0.15) is 0 Å². The Hall–Kier alpha value is -14.6. The van der Waals surface area contributed by atoms with Gasteiger partial charge in [0, 0.05) is 83.2 Å². The molecule has 8 heterocycles. The second-order valence-electron chi connectivity index (χ2n) is 28.7. The van der Waals surface area contributed by atoms with Gasteiger partial charge >= 0.3 is 0 Å². The molecule has 0 aliphatic heterocycles. The number of aliphatic hydroxyl groups is 3. The zero-order valence-corrected chi connectivity index (χ0v) is 67.1. The Labute approximate surface area is 699 Å². The van der Waals surface area contributed by atoms with Crippen LogP contribution in [0.3, 0.4) is 0 Å². The number of hydrogen-bond acceptors (Lipinski definition) is 18. The zero-order chi connectivity index (χ0) is 85.5. The normalized spacial score (nSPS) is 11.8. The molecular formula is C96H82ClF2N13O9. The smallest absolute Gasteiger partial charge is 0.267 e. The molecule has 4 amide bonds. The van der Waals surface area contributed by atoms with Crippen LogP contribution in [-0.4, -0.2) is 98.0 Å². The Bertz CT molecular complexity index is 6270. The SMILES string of the molecule is COc1ccc(-c2cc(C(N)=O)nc3cc(C(O)Cc4ccc(Cl)nc4)ccc23)cc1.COc1ccc(-c2cc(C(N)=O)nc3cc(CCc4cnc(C)nc4)ccc23)cc1.Cc1ccc(CC(O)c2ccc3c(-c4ccc(F)cc4)cc(C(N)=O)nc3c2)cn1.Cc1ccc(CC(O)c2ccc3c(-c4ccc(F)cc4)cc(C(N)=O)nc3c2)cn1. The van der Waals surface area contributed by atoms with Crippen LogP contribution < -0.4 is 32.4 Å². The average Bonchev–Trinajstić information content (AvgIpc) is 0.796. The van der Waals surface area contributed by atoms with Gasteiger partial charge in [-0.15, -0.1) is 0 Å². The molecule has 121 heavy (non-hydrogen) atoms. The Kier molecular flexibility index (Phi) is 26.7. The maximum absolute atomic E-state index is 13.3. The number of nitrogens with two attached hydrogens (primary N) is 4. The largest absolute Gasteiger partial charge is 0.497 e. The minimum absolute atomic E-state index is 0.108. The molecule has 606 valence electrons. The lowest BCUT2D eigenvalue weighted by atomic mass is 9.96. The van der Waals surface area contributed by atoms with Crippen LogP contribution in [0.1, 0.15) is 122 Å². The lowest BCUT2D eigenvalue weighted by Gasteiger charge is -2.14. The predicted octanol–water partition coefficient (Wildman–Crippen LogP) is 16.5. The van der Waals surface area contributed by atoms with Gasteiger partial charge in [0.15, 0.2) is 0 Å². The number of aryl methyl sites for hydroxylation is 5. The van der Waals surface area contributed by atoms with Crippen molar-refractivity contribution in [1.29, 1.82) is 0 Å². The summed E-state index contributed by atoms with van der Waals surface area (Å²) in [4.78, 5) is 86.1. The molecule has 8 aromatic carbocycles. The molecule has 0 bridgehead atoms. The number of nitrogens with zero attached hydrogens (tertiary/aromatic N) is 9. The first-order chi connectivity index (χ1) is 58.3. The van der Waals surface area contributed by atoms with E-state index >= 15 is 0 Å². The number of methoxy groups -OCH3 is 2. The van der Waals surface area contributed by atoms with E-state index in [0.717, 1.165) is 141 Å². The van der Waals surface area contributed by atoms with Gasteiger partial charge in [-0.1, -0.05) is 127 Å². The lowest BCUT2D eigenvalue weighted by molar-refractivity contribution is 0.0987. The third-order valence-electron chi connectivity index (χ3n) is 20.2. The summed E-state index contributed by atoms with van der Waals surface area (Å²) < 4.78 is 37.2. The summed E-state index contributed by atoms with van der Waals surface area (Å²) in [7, 11) is 3.24. The quantitative estimate of drug-likeness (QED) is 0.0310. The number of benzene rings is 8. The second kappa shape index (κ2) is 38.2. The fraction of sp³-hybridized carbons (Fsp3) is 0.135. The van der Waals surface area contributed by atoms with Crippen molar-refractivity contribution in [2.24, 2.45) is 22.9 Å². The number of rotatable bonds is 22. The number of hydrogen-bond donors (Lipinski definition) is 7. The van der Waals surface area contributed by atoms with E-state index < -0.39 is 41.9 Å². The van der Waals surface area contributed by atoms with Crippen LogP contribution in [0.15, 0.2) is 262 Å². The van der Waals surface area contributed by atoms with Crippen LogP contribution in [0.25, 0.3) is 88.1 Å². The monoisotopic (exact) mass is 1630 g/mol. The van der Waals surface area contributed by atoms with Crippen molar-refractivity contribution in [3.63, 3.8) is 0 Å². The van der Waals surface area contributed by atoms with Gasteiger partial charge < -0.3 is 47.7 Å². The number of carbonyl (C=O) groups excluding carboxylic acids is 4. The van der Waals surface area contributed by atoms with Crippen molar-refractivity contribution in [3.05, 3.63) is 363 Å². The summed E-state index contributed by atoms with van der Waals surface area (Å²) in [6.07, 6.45) is 9.38. The van der Waals surface area contributed by atoms with Crippen LogP contribution in [0.5, 0.6) is 11.5 Å². The molecule has 0 aliphatic carbocycles. The van der Waals surface area contributed by atoms with E-state index in [9.17, 15) is 43.3 Å². The number of pyridine rings is 7. The van der Waals surface area contributed by atoms with E-state index in [0.29, 0.717) is 57.7 Å². The Morgan fingerprint density at radius 1 is 0.347 bits per heavy atom. The number of amides is 4. The van der Waals surface area contributed by atoms with Gasteiger partial charge in [0.05, 0.1) is 54.6 Å². The molecule has 0 saturated heterocycles. The van der Waals surface area contributed by atoms with Crippen LogP contribution in [0.4, 0.5) is 8.78 Å². The standard InChI is InChI=1S/C24H20ClN3O3.2C24H20FN3O2.C24H22N4O2/c1-31-17-6-3-15(4-7-17)19-12-21(24(26)30)28-20-11-16(5-8-18(19)20)22(29)10-14-2-9-23(25)27-13-14;2*1-14-2-3-15(13-27-14)10-23(29)17-6-9-19-20(16-4-7-18(25)8-5-16)12-22(24(26)30)28-21(19)11-17;1-15-26-13-17(14-27-15)4-3-16-5-10-20-21(18-6-8-19(30-2)9-7-18)12-23(24(25)29)28-22(20)11-16/h2-9,11-13,22,29H,10H2,1H3,(H2,26,30);2*2-9,11-13,23,29H,10H2,1H3,(H2,26,30);5-14H,3-4H2,1-2H3,(H2,25,29). The van der Waals surface area contributed by atoms with Crippen LogP contribution >= 0.6 is 11.6 Å². The van der Waals surface area contributed by atoms with Crippen molar-refractivity contribution >= 4 is 78.8 Å². The Morgan fingerprint density at radius 3 is 0.942 bits per heavy atom. The van der Waals surface area contributed by atoms with E-state index in [1.165, 1.54) is 24.3 Å². The van der Waals surface area contributed by atoms with E-state index in [1.54, 1.807) is 106 Å². The summed E-state index contributed by atoms with van der Waals surface area (Å²) in [5.41, 5.74) is 40.3. The third-order valence-corrected chi connectivity index (χ3v) is 20.4. The van der Waals surface area contributed by atoms with Gasteiger partial charge in [0.1, 0.15) is 56.9 Å². The van der Waals surface area contributed by atoms with Gasteiger partial charge in [-0.25, -0.2) is 43.7 Å². The van der Waals surface area contributed by atoms with E-state index in [4.69, 9.17) is 44.0 Å². The van der Waals surface area contributed by atoms with Crippen LogP contribution in [0, 0.1) is 32.4 Å². The van der Waals surface area contributed by atoms with Crippen molar-refractivity contribution in [2.45, 2.75) is 71.2 Å². The zero-order valence-electron chi connectivity index (χ0n) is 66.4. The van der Waals surface area contributed by atoms with Crippen LogP contribution in [0.2, 0.25) is 5.15 Å². The van der Waals surface area contributed by atoms with Gasteiger partial charge in [-0.3, -0.25) is 29.1 Å². The lowest BCUT2D eigenvalue weighted by Crippen LogP contribution is -2.13. The maximum atomic E-state index is 13.3. The molecule has 11 N–H and O–H groups in total. The fourth-order valence-corrected chi connectivity index (χ4v) is 13.8. The first-order valence-corrected chi connectivity index (χ1v) is 38.7. The molecule has 25 heteroatoms. The molecule has 3 atom stereocenters. The number of aliphatic hydroxyl groups excluding tert-OH is 3. The number of fused-ring (bicyclic) bond motifs is 4. The molecular weight excluding hydrogens is 1550 g/mol. The molecule has 3 unspecified atom stereocenters. The molecule has 0 spiro atoms. The summed E-state index contributed by atoms with van der Waals surface area (Å²) in [5, 5.41) is 35.9. The summed E-state index contributed by atoms with van der Waals surface area (Å²) in [6, 6.07) is 67.6. The van der Waals surface area contributed by atoms with Crippen LogP contribution in [-0.2, 0) is 32.1 Å². The number of aromatic nitrogens is 9. The summed E-state index contributed by atoms with van der Waals surface area (Å²) in [6.45, 7) is 5.68. The van der Waals surface area contributed by atoms with Gasteiger partial charge in [0.25, 0.3) is 23.6 Å². The molecule has 0 fully saturated rings. The Morgan fingerprint density at radius 2 is 0.636 bits per heavy atom. The van der Waals surface area contributed by atoms with Crippen molar-refractivity contribution in [1.82, 2.24) is 44.9 Å². The molecule has 0 aliphatic rings. The Balaban J connectivity index is 0.000000139. The maximum Gasteiger partial charge on any atom is 0.267 e. The van der Waals surface area contributed by atoms with E-state index in [-0.39, 0.29) is 34.4 Å². The minimum Gasteiger partial charge on any atom is -0.497 e. The number of halogens is 3. The summed E-state index contributed by atoms with van der Waals surface area (Å²) in [5.74, 6) is -0.892. The first kappa shape index (κ1) is 84.4. The molecule has 16 rings (SSSR count). The topological polar surface area (TPSA) is 368 Å². The highest BCUT2D eigenvalue weighted by atomic mass is 35.5. The fourth-order valence-electron chi connectivity index (χ4n) is 13.7. The van der Waals surface area contributed by atoms with Crippen molar-refractivity contribution in [3.8, 4) is 56.0 Å². The summed E-state index contributed by atoms with van der Waals surface area (Å²) >= 11 is 5.83. The van der Waals surface area contributed by atoms with Gasteiger partial charge in [0.2, 0.25) is 0 Å². The number of primary amides is 4. The number of ether oxygens (including phenoxy) is 2. The highest BCUT2D eigenvalue weighted by Gasteiger charge is 2.21. The molecule has 22 nitrogen and oxygen atoms in total. The highest BCUT2D eigenvalue weighted by Crippen LogP contribution is 2.37. The van der Waals surface area contributed by atoms with Gasteiger partial charge in [-0.05, 0) is 238 Å². The highest BCUT2D eigenvalue weighted by molar-refractivity contribution is 6.29. The molecule has 0 radical (unpaired) electrons.